The molecule has 1 aromatic carbocycles. The lowest BCUT2D eigenvalue weighted by molar-refractivity contribution is -0.123. The molecule has 19 heavy (non-hydrogen) atoms. The van der Waals surface area contributed by atoms with Crippen LogP contribution in [0.5, 0.6) is 5.75 Å². The molecule has 0 spiro atoms. The van der Waals surface area contributed by atoms with E-state index in [1.165, 1.54) is 5.56 Å². The lowest BCUT2D eigenvalue weighted by Crippen LogP contribution is -2.29. The fourth-order valence-electron chi connectivity index (χ4n) is 2.45. The second kappa shape index (κ2) is 6.57. The number of nitrogens with two attached hydrogens (primary N) is 1. The van der Waals surface area contributed by atoms with E-state index in [1.54, 1.807) is 0 Å². The van der Waals surface area contributed by atoms with Crippen molar-refractivity contribution in [2.75, 3.05) is 13.2 Å². The third-order valence-corrected chi connectivity index (χ3v) is 3.44. The zero-order valence-corrected chi connectivity index (χ0v) is 11.4. The van der Waals surface area contributed by atoms with Crippen LogP contribution in [0.25, 0.3) is 0 Å². The number of fused-ring (bicyclic) bond motifs is 1. The van der Waals surface area contributed by atoms with Gasteiger partial charge in [0, 0.05) is 12.6 Å². The number of carbonyl (C=O) groups is 1. The van der Waals surface area contributed by atoms with Crippen LogP contribution in [0.2, 0.25) is 0 Å². The molecule has 1 aromatic rings. The number of benzene rings is 1. The summed E-state index contributed by atoms with van der Waals surface area (Å²) in [5.41, 5.74) is 8.44. The summed E-state index contributed by atoms with van der Waals surface area (Å²) in [5.74, 6) is 0.735. The average Bonchev–Trinajstić information content (AvgIpc) is 2.43. The van der Waals surface area contributed by atoms with Crippen molar-refractivity contribution in [2.24, 2.45) is 5.73 Å². The van der Waals surface area contributed by atoms with E-state index in [0.717, 1.165) is 37.0 Å². The minimum Gasteiger partial charge on any atom is -0.483 e. The highest BCUT2D eigenvalue weighted by atomic mass is 16.5. The molecule has 1 aliphatic carbocycles. The first kappa shape index (κ1) is 13.9. The van der Waals surface area contributed by atoms with E-state index in [1.807, 2.05) is 19.1 Å². The summed E-state index contributed by atoms with van der Waals surface area (Å²) < 4.78 is 5.64. The molecule has 1 unspecified atom stereocenters. The Morgan fingerprint density at radius 2 is 2.37 bits per heavy atom. The smallest absolute Gasteiger partial charge is 0.257 e. The fraction of sp³-hybridized carbons (Fsp3) is 0.533. The summed E-state index contributed by atoms with van der Waals surface area (Å²) in [5, 5.41) is 2.80. The largest absolute Gasteiger partial charge is 0.483 e. The number of ether oxygens (including phenoxy) is 1. The Morgan fingerprint density at radius 3 is 3.16 bits per heavy atom. The van der Waals surface area contributed by atoms with Crippen LogP contribution in [0.15, 0.2) is 18.2 Å². The van der Waals surface area contributed by atoms with Gasteiger partial charge in [-0.05, 0) is 42.9 Å². The molecule has 2 rings (SSSR count). The first-order valence-corrected chi connectivity index (χ1v) is 6.99. The molecule has 0 bridgehead atoms. The third-order valence-electron chi connectivity index (χ3n) is 3.44. The Hall–Kier alpha value is -1.55. The average molecular weight is 262 g/mol. The molecule has 4 heteroatoms. The highest BCUT2D eigenvalue weighted by Gasteiger charge is 2.20. The third kappa shape index (κ3) is 3.47. The lowest BCUT2D eigenvalue weighted by Gasteiger charge is -2.24. The zero-order chi connectivity index (χ0) is 13.7. The van der Waals surface area contributed by atoms with Gasteiger partial charge in [0.15, 0.2) is 6.61 Å². The van der Waals surface area contributed by atoms with Crippen LogP contribution < -0.4 is 15.8 Å². The Kier molecular flexibility index (Phi) is 4.80. The summed E-state index contributed by atoms with van der Waals surface area (Å²) in [6.45, 7) is 2.79. The van der Waals surface area contributed by atoms with Crippen LogP contribution >= 0.6 is 0 Å². The standard InChI is InChI=1S/C15H22N2O2/c1-2-9-17-15(18)10-19-14-8-4-5-11-12(14)6-3-7-13(11)16/h4-5,8,13H,2-3,6-7,9-10,16H2,1H3,(H,17,18). The number of carbonyl (C=O) groups excluding carboxylic acids is 1. The maximum absolute atomic E-state index is 11.5. The Balaban J connectivity index is 2.01. The van der Waals surface area contributed by atoms with E-state index >= 15 is 0 Å². The van der Waals surface area contributed by atoms with Crippen LogP contribution in [0.1, 0.15) is 43.4 Å². The van der Waals surface area contributed by atoms with Crippen LogP contribution in [-0.2, 0) is 11.2 Å². The van der Waals surface area contributed by atoms with E-state index < -0.39 is 0 Å². The van der Waals surface area contributed by atoms with Gasteiger partial charge in [-0.3, -0.25) is 4.79 Å². The van der Waals surface area contributed by atoms with Crippen molar-refractivity contribution >= 4 is 5.91 Å². The number of nitrogens with one attached hydrogen (secondary N) is 1. The van der Waals surface area contributed by atoms with Crippen LogP contribution in [-0.4, -0.2) is 19.1 Å². The van der Waals surface area contributed by atoms with Gasteiger partial charge < -0.3 is 15.8 Å². The van der Waals surface area contributed by atoms with Gasteiger partial charge in [0.2, 0.25) is 0 Å². The molecule has 1 amide bonds. The van der Waals surface area contributed by atoms with Crippen molar-refractivity contribution in [1.29, 1.82) is 0 Å². The summed E-state index contributed by atoms with van der Waals surface area (Å²) in [4.78, 5) is 11.5. The Morgan fingerprint density at radius 1 is 1.53 bits per heavy atom. The predicted molar refractivity (Wildman–Crippen MR) is 75.1 cm³/mol. The zero-order valence-electron chi connectivity index (χ0n) is 11.4. The van der Waals surface area contributed by atoms with Crippen molar-refractivity contribution in [3.8, 4) is 5.75 Å². The first-order valence-electron chi connectivity index (χ1n) is 6.99. The number of hydrogen-bond acceptors (Lipinski definition) is 3. The SMILES string of the molecule is CCCNC(=O)COc1cccc2c1CCCC2N. The van der Waals surface area contributed by atoms with E-state index in [-0.39, 0.29) is 18.6 Å². The molecule has 4 nitrogen and oxygen atoms in total. The molecule has 0 fully saturated rings. The number of hydrogen-bond donors (Lipinski definition) is 2. The maximum Gasteiger partial charge on any atom is 0.257 e. The highest BCUT2D eigenvalue weighted by Crippen LogP contribution is 2.33. The molecule has 1 aliphatic rings. The van der Waals surface area contributed by atoms with Crippen molar-refractivity contribution in [2.45, 2.75) is 38.6 Å². The van der Waals surface area contributed by atoms with Crippen molar-refractivity contribution in [1.82, 2.24) is 5.32 Å². The second-order valence-corrected chi connectivity index (χ2v) is 4.96. The van der Waals surface area contributed by atoms with Gasteiger partial charge in [-0.15, -0.1) is 0 Å². The van der Waals surface area contributed by atoms with E-state index in [4.69, 9.17) is 10.5 Å². The van der Waals surface area contributed by atoms with E-state index in [9.17, 15) is 4.79 Å². The van der Waals surface area contributed by atoms with Gasteiger partial charge >= 0.3 is 0 Å². The molecule has 0 aliphatic heterocycles. The van der Waals surface area contributed by atoms with Crippen LogP contribution in [0.3, 0.4) is 0 Å². The van der Waals surface area contributed by atoms with Crippen molar-refractivity contribution in [3.05, 3.63) is 29.3 Å². The van der Waals surface area contributed by atoms with E-state index in [0.29, 0.717) is 6.54 Å². The van der Waals surface area contributed by atoms with Gasteiger partial charge in [-0.2, -0.15) is 0 Å². The molecular formula is C15H22N2O2. The second-order valence-electron chi connectivity index (χ2n) is 4.96. The lowest BCUT2D eigenvalue weighted by atomic mass is 9.88. The topological polar surface area (TPSA) is 64.3 Å². The monoisotopic (exact) mass is 262 g/mol. The van der Waals surface area contributed by atoms with Gasteiger partial charge in [0.05, 0.1) is 0 Å². The Bertz CT molecular complexity index is 446. The molecule has 0 saturated heterocycles. The van der Waals surface area contributed by atoms with E-state index in [2.05, 4.69) is 11.4 Å². The molecule has 0 radical (unpaired) electrons. The molecule has 0 aromatic heterocycles. The molecule has 3 N–H and O–H groups in total. The Labute approximate surface area is 114 Å². The maximum atomic E-state index is 11.5. The highest BCUT2D eigenvalue weighted by molar-refractivity contribution is 5.77. The normalized spacial score (nSPS) is 17.7. The molecule has 104 valence electrons. The molecule has 1 atom stereocenters. The minimum atomic E-state index is -0.0699. The fourth-order valence-corrected chi connectivity index (χ4v) is 2.45. The van der Waals surface area contributed by atoms with Gasteiger partial charge in [-0.1, -0.05) is 19.1 Å². The summed E-state index contributed by atoms with van der Waals surface area (Å²) >= 11 is 0. The van der Waals surface area contributed by atoms with Crippen molar-refractivity contribution < 1.29 is 9.53 Å². The summed E-state index contributed by atoms with van der Waals surface area (Å²) in [6.07, 6.45) is 4.02. The number of amides is 1. The number of rotatable bonds is 5. The molecule has 0 heterocycles. The van der Waals surface area contributed by atoms with Gasteiger partial charge in [-0.25, -0.2) is 0 Å². The van der Waals surface area contributed by atoms with Crippen molar-refractivity contribution in [3.63, 3.8) is 0 Å². The summed E-state index contributed by atoms with van der Waals surface area (Å²) in [6, 6.07) is 6.03. The van der Waals surface area contributed by atoms with Crippen LogP contribution in [0, 0.1) is 0 Å². The first-order chi connectivity index (χ1) is 9.22. The van der Waals surface area contributed by atoms with Gasteiger partial charge in [0.25, 0.3) is 5.91 Å². The minimum absolute atomic E-state index is 0.0699. The predicted octanol–water partition coefficient (Wildman–Crippen LogP) is 1.93. The summed E-state index contributed by atoms with van der Waals surface area (Å²) in [7, 11) is 0. The van der Waals surface area contributed by atoms with Crippen LogP contribution in [0.4, 0.5) is 0 Å². The molecular weight excluding hydrogens is 240 g/mol. The quantitative estimate of drug-likeness (QED) is 0.852. The molecule has 0 saturated carbocycles. The van der Waals surface area contributed by atoms with Gasteiger partial charge in [0.1, 0.15) is 5.75 Å².